The molecule has 0 bridgehead atoms. The van der Waals surface area contributed by atoms with Crippen molar-refractivity contribution in [1.82, 2.24) is 0 Å². The monoisotopic (exact) mass is 296 g/mol. The topological polar surface area (TPSA) is 20.2 Å². The Morgan fingerprint density at radius 2 is 2.17 bits per heavy atom. The van der Waals surface area contributed by atoms with Gasteiger partial charge in [0.15, 0.2) is 0 Å². The van der Waals surface area contributed by atoms with E-state index in [2.05, 4.69) is 22.6 Å². The molecule has 0 amide bonds. The van der Waals surface area contributed by atoms with Crippen LogP contribution in [0.25, 0.3) is 0 Å². The van der Waals surface area contributed by atoms with Crippen LogP contribution >= 0.6 is 34.2 Å². The highest BCUT2D eigenvalue weighted by atomic mass is 127. The molecular weight excluding hydrogens is 286 g/mol. The van der Waals surface area contributed by atoms with Crippen molar-refractivity contribution in [1.29, 1.82) is 0 Å². The van der Waals surface area contributed by atoms with Crippen LogP contribution in [0.2, 0.25) is 5.02 Å². The highest BCUT2D eigenvalue weighted by Gasteiger charge is 2.09. The predicted molar refractivity (Wildman–Crippen MR) is 59.9 cm³/mol. The maximum Gasteiger partial charge on any atom is 0.132 e. The number of phenols is 1. The molecule has 0 radical (unpaired) electrons. The number of aromatic hydroxyl groups is 1. The fraction of sp³-hybridized carbons (Fsp3) is 0.333. The fourth-order valence-corrected chi connectivity index (χ4v) is 2.05. The van der Waals surface area contributed by atoms with Gasteiger partial charge in [-0.3, -0.25) is 0 Å². The fourth-order valence-electron chi connectivity index (χ4n) is 1.02. The standard InChI is InChI=1S/C9H10ClIO/c1-3-6-4-7(10)5(2)8(11)9(6)12/h4,12H,3H2,1-2H3. The number of aryl methyl sites for hydroxylation is 1. The summed E-state index contributed by atoms with van der Waals surface area (Å²) in [4.78, 5) is 0. The molecule has 0 atom stereocenters. The summed E-state index contributed by atoms with van der Waals surface area (Å²) < 4.78 is 0.858. The Morgan fingerprint density at radius 1 is 1.58 bits per heavy atom. The smallest absolute Gasteiger partial charge is 0.132 e. The van der Waals surface area contributed by atoms with Gasteiger partial charge in [-0.25, -0.2) is 0 Å². The van der Waals surface area contributed by atoms with Crippen LogP contribution in [0.4, 0.5) is 0 Å². The molecule has 0 saturated carbocycles. The van der Waals surface area contributed by atoms with Gasteiger partial charge in [-0.1, -0.05) is 18.5 Å². The molecule has 0 heterocycles. The van der Waals surface area contributed by atoms with Gasteiger partial charge in [0.25, 0.3) is 0 Å². The zero-order valence-electron chi connectivity index (χ0n) is 6.99. The Balaban J connectivity index is 3.39. The number of rotatable bonds is 1. The minimum absolute atomic E-state index is 0.375. The summed E-state index contributed by atoms with van der Waals surface area (Å²) in [5.41, 5.74) is 1.86. The van der Waals surface area contributed by atoms with Crippen molar-refractivity contribution in [2.24, 2.45) is 0 Å². The quantitative estimate of drug-likeness (QED) is 0.786. The van der Waals surface area contributed by atoms with Gasteiger partial charge in [0.05, 0.1) is 3.57 Å². The van der Waals surface area contributed by atoms with Gasteiger partial charge in [0.1, 0.15) is 5.75 Å². The minimum Gasteiger partial charge on any atom is -0.507 e. The van der Waals surface area contributed by atoms with Gasteiger partial charge in [-0.15, -0.1) is 0 Å². The van der Waals surface area contributed by atoms with Crippen LogP contribution in [-0.2, 0) is 6.42 Å². The first-order valence-corrected chi connectivity index (χ1v) is 5.20. The second-order valence-electron chi connectivity index (χ2n) is 2.66. The molecule has 0 aliphatic heterocycles. The van der Waals surface area contributed by atoms with E-state index in [4.69, 9.17) is 11.6 Å². The molecular formula is C9H10ClIO. The molecule has 0 unspecified atom stereocenters. The number of hydrogen-bond acceptors (Lipinski definition) is 1. The molecule has 0 aromatic heterocycles. The summed E-state index contributed by atoms with van der Waals surface area (Å²) in [5.74, 6) is 0.375. The van der Waals surface area contributed by atoms with Gasteiger partial charge in [-0.2, -0.15) is 0 Å². The first-order valence-electron chi connectivity index (χ1n) is 3.74. The highest BCUT2D eigenvalue weighted by molar-refractivity contribution is 14.1. The molecule has 1 aromatic rings. The van der Waals surface area contributed by atoms with Crippen LogP contribution in [0, 0.1) is 10.5 Å². The Hall–Kier alpha value is 0.0400. The van der Waals surface area contributed by atoms with Crippen LogP contribution in [0.15, 0.2) is 6.07 Å². The van der Waals surface area contributed by atoms with Crippen LogP contribution < -0.4 is 0 Å². The average molecular weight is 297 g/mol. The average Bonchev–Trinajstić information content (AvgIpc) is 2.08. The van der Waals surface area contributed by atoms with E-state index in [0.29, 0.717) is 5.75 Å². The number of hydrogen-bond donors (Lipinski definition) is 1. The molecule has 1 rings (SSSR count). The van der Waals surface area contributed by atoms with E-state index >= 15 is 0 Å². The van der Waals surface area contributed by atoms with Gasteiger partial charge in [0.2, 0.25) is 0 Å². The lowest BCUT2D eigenvalue weighted by atomic mass is 10.1. The zero-order valence-corrected chi connectivity index (χ0v) is 9.90. The third-order valence-corrected chi connectivity index (χ3v) is 3.59. The molecule has 1 nitrogen and oxygen atoms in total. The summed E-state index contributed by atoms with van der Waals surface area (Å²) in [6, 6.07) is 1.83. The van der Waals surface area contributed by atoms with Gasteiger partial charge >= 0.3 is 0 Å². The third-order valence-electron chi connectivity index (χ3n) is 1.88. The SMILES string of the molecule is CCc1cc(Cl)c(C)c(I)c1O. The van der Waals surface area contributed by atoms with Crippen molar-refractivity contribution in [3.63, 3.8) is 0 Å². The number of halogens is 2. The van der Waals surface area contributed by atoms with Crippen LogP contribution in [0.1, 0.15) is 18.1 Å². The lowest BCUT2D eigenvalue weighted by molar-refractivity contribution is 0.464. The summed E-state index contributed by atoms with van der Waals surface area (Å²) in [5, 5.41) is 10.4. The van der Waals surface area contributed by atoms with Crippen molar-refractivity contribution >= 4 is 34.2 Å². The normalized spacial score (nSPS) is 10.3. The first kappa shape index (κ1) is 10.1. The van der Waals surface area contributed by atoms with Crippen LogP contribution in [0.5, 0.6) is 5.75 Å². The van der Waals surface area contributed by atoms with Crippen molar-refractivity contribution in [2.75, 3.05) is 0 Å². The summed E-state index contributed by atoms with van der Waals surface area (Å²) in [7, 11) is 0. The molecule has 0 fully saturated rings. The molecule has 1 aromatic carbocycles. The van der Waals surface area contributed by atoms with E-state index in [9.17, 15) is 5.11 Å². The molecule has 0 saturated heterocycles. The molecule has 3 heteroatoms. The van der Waals surface area contributed by atoms with E-state index in [-0.39, 0.29) is 0 Å². The molecule has 0 aliphatic carbocycles. The molecule has 0 aliphatic rings. The molecule has 66 valence electrons. The second-order valence-corrected chi connectivity index (χ2v) is 4.14. The maximum atomic E-state index is 9.64. The number of benzene rings is 1. The highest BCUT2D eigenvalue weighted by Crippen LogP contribution is 2.32. The largest absolute Gasteiger partial charge is 0.507 e. The Kier molecular flexibility index (Phi) is 3.23. The van der Waals surface area contributed by atoms with E-state index in [1.54, 1.807) is 0 Å². The predicted octanol–water partition coefficient (Wildman–Crippen LogP) is 3.52. The molecule has 1 N–H and O–H groups in total. The van der Waals surface area contributed by atoms with Crippen molar-refractivity contribution < 1.29 is 5.11 Å². The second kappa shape index (κ2) is 3.83. The molecule has 0 spiro atoms. The summed E-state index contributed by atoms with van der Waals surface area (Å²) >= 11 is 8.06. The lowest BCUT2D eigenvalue weighted by Crippen LogP contribution is -1.89. The van der Waals surface area contributed by atoms with E-state index < -0.39 is 0 Å². The van der Waals surface area contributed by atoms with Crippen molar-refractivity contribution in [3.05, 3.63) is 25.8 Å². The van der Waals surface area contributed by atoms with E-state index in [0.717, 1.165) is 26.1 Å². The van der Waals surface area contributed by atoms with Crippen molar-refractivity contribution in [3.8, 4) is 5.75 Å². The lowest BCUT2D eigenvalue weighted by Gasteiger charge is -2.08. The van der Waals surface area contributed by atoms with Crippen LogP contribution in [0.3, 0.4) is 0 Å². The zero-order chi connectivity index (χ0) is 9.30. The van der Waals surface area contributed by atoms with E-state index in [1.165, 1.54) is 0 Å². The summed E-state index contributed by atoms with van der Waals surface area (Å²) in [6.07, 6.45) is 0.807. The summed E-state index contributed by atoms with van der Waals surface area (Å²) in [6.45, 7) is 3.90. The minimum atomic E-state index is 0.375. The Morgan fingerprint density at radius 3 is 2.67 bits per heavy atom. The first-order chi connectivity index (χ1) is 5.57. The maximum absolute atomic E-state index is 9.64. The number of phenolic OH excluding ortho intramolecular Hbond substituents is 1. The van der Waals surface area contributed by atoms with Gasteiger partial charge in [0, 0.05) is 5.02 Å². The van der Waals surface area contributed by atoms with Gasteiger partial charge in [-0.05, 0) is 53.1 Å². The Bertz CT molecular complexity index is 310. The molecule has 12 heavy (non-hydrogen) atoms. The van der Waals surface area contributed by atoms with Crippen molar-refractivity contribution in [2.45, 2.75) is 20.3 Å². The van der Waals surface area contributed by atoms with Gasteiger partial charge < -0.3 is 5.11 Å². The third kappa shape index (κ3) is 1.69. The Labute approximate surface area is 90.9 Å². The van der Waals surface area contributed by atoms with Crippen LogP contribution in [-0.4, -0.2) is 5.11 Å². The van der Waals surface area contributed by atoms with E-state index in [1.807, 2.05) is 19.9 Å².